The van der Waals surface area contributed by atoms with Crippen LogP contribution in [-0.4, -0.2) is 62.1 Å². The van der Waals surface area contributed by atoms with E-state index in [0.29, 0.717) is 48.8 Å². The summed E-state index contributed by atoms with van der Waals surface area (Å²) in [7, 11) is -3.58. The number of amides is 1. The predicted octanol–water partition coefficient (Wildman–Crippen LogP) is 3.83. The minimum absolute atomic E-state index is 0.172. The van der Waals surface area contributed by atoms with E-state index in [9.17, 15) is 18.0 Å². The van der Waals surface area contributed by atoms with Crippen LogP contribution in [0.1, 0.15) is 53.8 Å². The number of hydrogen-bond acceptors (Lipinski definition) is 7. The first kappa shape index (κ1) is 27.2. The fraction of sp³-hybridized carbons (Fsp3) is 0.423. The molecular formula is C26H31N3O6S2. The van der Waals surface area contributed by atoms with Gasteiger partial charge in [0.1, 0.15) is 0 Å². The summed E-state index contributed by atoms with van der Waals surface area (Å²) < 4.78 is 40.6. The molecule has 0 saturated carbocycles. The molecule has 9 nitrogen and oxygen atoms in total. The van der Waals surface area contributed by atoms with Gasteiger partial charge in [-0.2, -0.15) is 9.30 Å². The number of carbonyl (C=O) groups is 2. The molecular weight excluding hydrogens is 514 g/mol. The Balaban J connectivity index is 1.65. The van der Waals surface area contributed by atoms with E-state index in [1.54, 1.807) is 19.1 Å². The Bertz CT molecular complexity index is 1440. The van der Waals surface area contributed by atoms with Gasteiger partial charge in [-0.15, -0.1) is 0 Å². The molecule has 0 atom stereocenters. The molecule has 0 unspecified atom stereocenters. The van der Waals surface area contributed by atoms with E-state index in [0.717, 1.165) is 29.5 Å². The Labute approximate surface area is 220 Å². The second kappa shape index (κ2) is 12.1. The van der Waals surface area contributed by atoms with Gasteiger partial charge in [-0.25, -0.2) is 13.2 Å². The molecule has 4 rings (SSSR count). The summed E-state index contributed by atoms with van der Waals surface area (Å²) in [4.78, 5) is 30.2. The molecule has 1 aromatic heterocycles. The van der Waals surface area contributed by atoms with Gasteiger partial charge in [-0.1, -0.05) is 17.8 Å². The van der Waals surface area contributed by atoms with Crippen LogP contribution in [0.5, 0.6) is 0 Å². The van der Waals surface area contributed by atoms with E-state index in [4.69, 9.17) is 9.47 Å². The van der Waals surface area contributed by atoms with Gasteiger partial charge in [-0.3, -0.25) is 4.79 Å². The van der Waals surface area contributed by atoms with Crippen molar-refractivity contribution in [1.82, 2.24) is 8.87 Å². The number of rotatable bonds is 9. The Morgan fingerprint density at radius 2 is 1.68 bits per heavy atom. The molecule has 3 aromatic rings. The van der Waals surface area contributed by atoms with Crippen LogP contribution in [-0.2, 0) is 26.0 Å². The van der Waals surface area contributed by atoms with Gasteiger partial charge in [0.05, 0.1) is 33.9 Å². The summed E-state index contributed by atoms with van der Waals surface area (Å²) in [5.74, 6) is -0.892. The highest BCUT2D eigenvalue weighted by atomic mass is 32.2. The lowest BCUT2D eigenvalue weighted by Gasteiger charge is -2.25. The third-order valence-electron chi connectivity index (χ3n) is 6.11. The zero-order chi connectivity index (χ0) is 26.4. The molecule has 1 aliphatic heterocycles. The number of sulfonamides is 1. The van der Waals surface area contributed by atoms with Crippen molar-refractivity contribution in [3.63, 3.8) is 0 Å². The zero-order valence-corrected chi connectivity index (χ0v) is 22.6. The van der Waals surface area contributed by atoms with E-state index < -0.39 is 21.9 Å². The molecule has 198 valence electrons. The summed E-state index contributed by atoms with van der Waals surface area (Å²) in [6, 6.07) is 11.2. The van der Waals surface area contributed by atoms with Gasteiger partial charge in [0.15, 0.2) is 4.80 Å². The van der Waals surface area contributed by atoms with Crippen LogP contribution in [0.15, 0.2) is 52.4 Å². The maximum atomic E-state index is 13.1. The molecule has 1 amide bonds. The lowest BCUT2D eigenvalue weighted by molar-refractivity contribution is 0.0526. The van der Waals surface area contributed by atoms with E-state index >= 15 is 0 Å². The Morgan fingerprint density at radius 1 is 0.973 bits per heavy atom. The van der Waals surface area contributed by atoms with Crippen molar-refractivity contribution in [2.24, 2.45) is 4.99 Å². The highest BCUT2D eigenvalue weighted by molar-refractivity contribution is 7.89. The molecule has 1 saturated heterocycles. The quantitative estimate of drug-likeness (QED) is 0.299. The van der Waals surface area contributed by atoms with Gasteiger partial charge < -0.3 is 14.0 Å². The molecule has 0 N–H and O–H groups in total. The lowest BCUT2D eigenvalue weighted by Crippen LogP contribution is -2.35. The minimum atomic E-state index is -3.58. The number of carbonyl (C=O) groups excluding carboxylic acids is 2. The monoisotopic (exact) mass is 545 g/mol. The van der Waals surface area contributed by atoms with Gasteiger partial charge in [0, 0.05) is 31.8 Å². The maximum Gasteiger partial charge on any atom is 0.338 e. The van der Waals surface area contributed by atoms with Gasteiger partial charge in [0.2, 0.25) is 10.0 Å². The highest BCUT2D eigenvalue weighted by Crippen LogP contribution is 2.22. The van der Waals surface area contributed by atoms with Crippen molar-refractivity contribution >= 4 is 43.5 Å². The number of fused-ring (bicyclic) bond motifs is 1. The average Bonchev–Trinajstić information content (AvgIpc) is 3.25. The normalized spacial score (nSPS) is 15.2. The smallest absolute Gasteiger partial charge is 0.338 e. The molecule has 1 aliphatic rings. The van der Waals surface area contributed by atoms with Crippen molar-refractivity contribution in [2.75, 3.05) is 32.9 Å². The first-order valence-corrected chi connectivity index (χ1v) is 14.7. The number of ether oxygens (including phenoxy) is 2. The Hall–Kier alpha value is -2.86. The first-order valence-electron chi connectivity index (χ1n) is 12.4. The van der Waals surface area contributed by atoms with Crippen LogP contribution in [0.2, 0.25) is 0 Å². The van der Waals surface area contributed by atoms with E-state index in [2.05, 4.69) is 4.99 Å². The summed E-state index contributed by atoms with van der Waals surface area (Å²) in [6.45, 7) is 6.45. The maximum absolute atomic E-state index is 13.1. The number of piperidine rings is 1. The lowest BCUT2D eigenvalue weighted by atomic mass is 10.2. The second-order valence-electron chi connectivity index (χ2n) is 8.54. The van der Waals surface area contributed by atoms with Crippen LogP contribution in [0.4, 0.5) is 0 Å². The molecule has 11 heteroatoms. The minimum Gasteiger partial charge on any atom is -0.462 e. The number of esters is 1. The molecule has 1 fully saturated rings. The largest absolute Gasteiger partial charge is 0.462 e. The van der Waals surface area contributed by atoms with Crippen LogP contribution in [0.25, 0.3) is 10.2 Å². The third kappa shape index (κ3) is 6.18. The fourth-order valence-electron chi connectivity index (χ4n) is 4.19. The SMILES string of the molecule is CCOCCn1c(=NC(=O)c2ccc(S(=O)(=O)N3CCCCC3)cc2)sc2cc(C(=O)OCC)ccc21. The van der Waals surface area contributed by atoms with Crippen LogP contribution in [0, 0.1) is 0 Å². The highest BCUT2D eigenvalue weighted by Gasteiger charge is 2.26. The average molecular weight is 546 g/mol. The van der Waals surface area contributed by atoms with Gasteiger partial charge in [-0.05, 0) is 69.2 Å². The van der Waals surface area contributed by atoms with Crippen molar-refractivity contribution in [2.45, 2.75) is 44.6 Å². The summed E-state index contributed by atoms with van der Waals surface area (Å²) >= 11 is 1.29. The van der Waals surface area contributed by atoms with Crippen LogP contribution in [0.3, 0.4) is 0 Å². The zero-order valence-electron chi connectivity index (χ0n) is 21.0. The van der Waals surface area contributed by atoms with Gasteiger partial charge in [0.25, 0.3) is 5.91 Å². The van der Waals surface area contributed by atoms with Crippen molar-refractivity contribution in [3.8, 4) is 0 Å². The topological polar surface area (TPSA) is 107 Å². The number of aromatic nitrogens is 1. The van der Waals surface area contributed by atoms with Gasteiger partial charge >= 0.3 is 5.97 Å². The van der Waals surface area contributed by atoms with Crippen molar-refractivity contribution in [1.29, 1.82) is 0 Å². The van der Waals surface area contributed by atoms with Crippen molar-refractivity contribution in [3.05, 3.63) is 58.4 Å². The summed E-state index contributed by atoms with van der Waals surface area (Å²) in [5, 5.41) is 0. The van der Waals surface area contributed by atoms with Crippen LogP contribution < -0.4 is 4.80 Å². The fourth-order valence-corrected chi connectivity index (χ4v) is 6.80. The summed E-state index contributed by atoms with van der Waals surface area (Å²) in [6.07, 6.45) is 2.75. The van der Waals surface area contributed by atoms with Crippen molar-refractivity contribution < 1.29 is 27.5 Å². The summed E-state index contributed by atoms with van der Waals surface area (Å²) in [5.41, 5.74) is 1.54. The Kier molecular flexibility index (Phi) is 8.91. The molecule has 2 aromatic carbocycles. The molecule has 0 radical (unpaired) electrons. The first-order chi connectivity index (χ1) is 17.8. The molecule has 37 heavy (non-hydrogen) atoms. The van der Waals surface area contributed by atoms with E-state index in [1.807, 2.05) is 17.6 Å². The van der Waals surface area contributed by atoms with E-state index in [1.165, 1.54) is 39.9 Å². The molecule has 0 bridgehead atoms. The molecule has 0 spiro atoms. The standard InChI is InChI=1S/C26H31N3O6S2/c1-3-34-17-16-29-22-13-10-20(25(31)35-4-2)18-23(22)36-26(29)27-24(30)19-8-11-21(12-9-19)37(32,33)28-14-6-5-7-15-28/h8-13,18H,3-7,14-17H2,1-2H3. The third-order valence-corrected chi connectivity index (χ3v) is 9.06. The number of benzene rings is 2. The number of thiazole rings is 1. The molecule has 0 aliphatic carbocycles. The van der Waals surface area contributed by atoms with E-state index in [-0.39, 0.29) is 11.5 Å². The van der Waals surface area contributed by atoms with Crippen LogP contribution >= 0.6 is 11.3 Å². The Morgan fingerprint density at radius 3 is 2.35 bits per heavy atom. The predicted molar refractivity (Wildman–Crippen MR) is 141 cm³/mol. The number of nitrogens with zero attached hydrogens (tertiary/aromatic N) is 3. The number of hydrogen-bond donors (Lipinski definition) is 0. The molecule has 2 heterocycles. The second-order valence-corrected chi connectivity index (χ2v) is 11.5.